The maximum absolute atomic E-state index is 3.22. The second-order valence-corrected chi connectivity index (χ2v) is 4.05. The van der Waals surface area contributed by atoms with E-state index in [9.17, 15) is 0 Å². The van der Waals surface area contributed by atoms with Gasteiger partial charge in [-0.3, -0.25) is 0 Å². The SMILES string of the molecule is C(#Cc1cccc2ccccc12)c1[c]cccc1. The first-order chi connectivity index (χ1) is 8.93. The molecule has 0 N–H and O–H groups in total. The van der Waals surface area contributed by atoms with Crippen molar-refractivity contribution in [3.05, 3.63) is 83.9 Å². The standard InChI is InChI=1S/C18H11/c1-2-7-15(8-3-1)13-14-17-11-6-10-16-9-4-5-12-18(16)17/h1-7,9-12H. The Bertz CT molecular complexity index is 723. The van der Waals surface area contributed by atoms with Crippen LogP contribution in [0.1, 0.15) is 11.1 Å². The lowest BCUT2D eigenvalue weighted by Gasteiger charge is -1.99. The molecule has 0 amide bonds. The van der Waals surface area contributed by atoms with Gasteiger partial charge in [-0.2, -0.15) is 0 Å². The molecule has 0 aliphatic carbocycles. The lowest BCUT2D eigenvalue weighted by atomic mass is 10.0. The van der Waals surface area contributed by atoms with E-state index >= 15 is 0 Å². The minimum absolute atomic E-state index is 0.922. The zero-order chi connectivity index (χ0) is 12.2. The Balaban J connectivity index is 2.09. The molecule has 0 heteroatoms. The van der Waals surface area contributed by atoms with E-state index in [1.807, 2.05) is 42.5 Å². The van der Waals surface area contributed by atoms with E-state index in [4.69, 9.17) is 0 Å². The van der Waals surface area contributed by atoms with Crippen LogP contribution >= 0.6 is 0 Å². The zero-order valence-corrected chi connectivity index (χ0v) is 9.85. The highest BCUT2D eigenvalue weighted by molar-refractivity contribution is 5.88. The van der Waals surface area contributed by atoms with Crippen LogP contribution in [-0.2, 0) is 0 Å². The lowest BCUT2D eigenvalue weighted by molar-refractivity contribution is 1.62. The van der Waals surface area contributed by atoms with Crippen molar-refractivity contribution in [1.29, 1.82) is 0 Å². The molecule has 3 rings (SSSR count). The van der Waals surface area contributed by atoms with Gasteiger partial charge in [0, 0.05) is 11.1 Å². The molecular formula is C18H11. The Morgan fingerprint density at radius 1 is 0.722 bits per heavy atom. The van der Waals surface area contributed by atoms with Crippen LogP contribution in [-0.4, -0.2) is 0 Å². The van der Waals surface area contributed by atoms with Gasteiger partial charge in [0.05, 0.1) is 0 Å². The molecule has 3 aromatic carbocycles. The van der Waals surface area contributed by atoms with E-state index in [1.165, 1.54) is 10.8 Å². The van der Waals surface area contributed by atoms with Gasteiger partial charge >= 0.3 is 0 Å². The Kier molecular flexibility index (Phi) is 2.82. The number of hydrogen-bond acceptors (Lipinski definition) is 0. The van der Waals surface area contributed by atoms with Crippen molar-refractivity contribution < 1.29 is 0 Å². The third kappa shape index (κ3) is 2.12. The first-order valence-corrected chi connectivity index (χ1v) is 5.90. The van der Waals surface area contributed by atoms with Crippen LogP contribution in [0.25, 0.3) is 10.8 Å². The molecule has 0 spiro atoms. The number of rotatable bonds is 0. The molecule has 3 aromatic rings. The van der Waals surface area contributed by atoms with Crippen LogP contribution in [0, 0.1) is 17.9 Å². The van der Waals surface area contributed by atoms with Gasteiger partial charge in [-0.1, -0.05) is 66.4 Å². The summed E-state index contributed by atoms with van der Waals surface area (Å²) in [6.45, 7) is 0. The van der Waals surface area contributed by atoms with Gasteiger partial charge in [-0.05, 0) is 29.0 Å². The van der Waals surface area contributed by atoms with Crippen molar-refractivity contribution in [2.45, 2.75) is 0 Å². The van der Waals surface area contributed by atoms with Crippen LogP contribution < -0.4 is 0 Å². The van der Waals surface area contributed by atoms with E-state index < -0.39 is 0 Å². The maximum Gasteiger partial charge on any atom is 0.0327 e. The monoisotopic (exact) mass is 227 g/mol. The molecule has 0 saturated carbocycles. The first-order valence-electron chi connectivity index (χ1n) is 5.90. The molecule has 0 aromatic heterocycles. The van der Waals surface area contributed by atoms with Gasteiger partial charge in [0.2, 0.25) is 0 Å². The second kappa shape index (κ2) is 4.77. The van der Waals surface area contributed by atoms with E-state index in [0.717, 1.165) is 11.1 Å². The molecule has 0 saturated heterocycles. The lowest BCUT2D eigenvalue weighted by Crippen LogP contribution is -1.79. The van der Waals surface area contributed by atoms with Gasteiger partial charge in [-0.15, -0.1) is 0 Å². The minimum atomic E-state index is 0.922. The molecule has 0 aliphatic heterocycles. The highest BCUT2D eigenvalue weighted by Gasteiger charge is 1.95. The van der Waals surface area contributed by atoms with Crippen molar-refractivity contribution in [1.82, 2.24) is 0 Å². The Hall–Kier alpha value is -2.52. The molecular weight excluding hydrogens is 216 g/mol. The van der Waals surface area contributed by atoms with Crippen LogP contribution in [0.4, 0.5) is 0 Å². The molecule has 0 fully saturated rings. The van der Waals surface area contributed by atoms with E-state index in [-0.39, 0.29) is 0 Å². The maximum atomic E-state index is 3.22. The van der Waals surface area contributed by atoms with Gasteiger partial charge < -0.3 is 0 Å². The summed E-state index contributed by atoms with van der Waals surface area (Å²) in [5, 5.41) is 2.42. The minimum Gasteiger partial charge on any atom is -0.0616 e. The summed E-state index contributed by atoms with van der Waals surface area (Å²) < 4.78 is 0. The van der Waals surface area contributed by atoms with Crippen LogP contribution in [0.2, 0.25) is 0 Å². The fraction of sp³-hybridized carbons (Fsp3) is 0. The van der Waals surface area contributed by atoms with Crippen molar-refractivity contribution in [2.75, 3.05) is 0 Å². The van der Waals surface area contributed by atoms with Gasteiger partial charge in [-0.25, -0.2) is 0 Å². The van der Waals surface area contributed by atoms with Crippen LogP contribution in [0.5, 0.6) is 0 Å². The average molecular weight is 227 g/mol. The molecule has 1 radical (unpaired) electrons. The molecule has 0 bridgehead atoms. The van der Waals surface area contributed by atoms with Crippen molar-refractivity contribution >= 4 is 10.8 Å². The van der Waals surface area contributed by atoms with Gasteiger partial charge in [0.15, 0.2) is 0 Å². The van der Waals surface area contributed by atoms with Gasteiger partial charge in [0.1, 0.15) is 0 Å². The fourth-order valence-electron chi connectivity index (χ4n) is 1.94. The van der Waals surface area contributed by atoms with E-state index in [2.05, 4.69) is 42.2 Å². The van der Waals surface area contributed by atoms with E-state index in [0.29, 0.717) is 0 Å². The summed E-state index contributed by atoms with van der Waals surface area (Å²) in [7, 11) is 0. The summed E-state index contributed by atoms with van der Waals surface area (Å²) in [4.78, 5) is 0. The normalized spacial score (nSPS) is 9.78. The number of fused-ring (bicyclic) bond motifs is 1. The average Bonchev–Trinajstić information content (AvgIpc) is 2.46. The fourth-order valence-corrected chi connectivity index (χ4v) is 1.94. The third-order valence-corrected chi connectivity index (χ3v) is 2.83. The predicted molar refractivity (Wildman–Crippen MR) is 75.2 cm³/mol. The quantitative estimate of drug-likeness (QED) is 0.508. The summed E-state index contributed by atoms with van der Waals surface area (Å²) >= 11 is 0. The summed E-state index contributed by atoms with van der Waals surface area (Å²) in [5.74, 6) is 6.37. The smallest absolute Gasteiger partial charge is 0.0327 e. The largest absolute Gasteiger partial charge is 0.0616 e. The Morgan fingerprint density at radius 2 is 1.56 bits per heavy atom. The number of benzene rings is 3. The first kappa shape index (κ1) is 10.6. The summed E-state index contributed by atoms with van der Waals surface area (Å²) in [5.41, 5.74) is 1.98. The molecule has 0 heterocycles. The summed E-state index contributed by atoms with van der Waals surface area (Å²) in [6.07, 6.45) is 0. The highest BCUT2D eigenvalue weighted by atomic mass is 14.0. The van der Waals surface area contributed by atoms with Crippen molar-refractivity contribution in [3.8, 4) is 11.8 Å². The molecule has 18 heavy (non-hydrogen) atoms. The number of hydrogen-bond donors (Lipinski definition) is 0. The molecule has 0 nitrogen and oxygen atoms in total. The molecule has 83 valence electrons. The topological polar surface area (TPSA) is 0 Å². The highest BCUT2D eigenvalue weighted by Crippen LogP contribution is 2.17. The predicted octanol–water partition coefficient (Wildman–Crippen LogP) is 4.04. The Morgan fingerprint density at radius 3 is 2.44 bits per heavy atom. The van der Waals surface area contributed by atoms with Crippen molar-refractivity contribution in [3.63, 3.8) is 0 Å². The molecule has 0 atom stereocenters. The van der Waals surface area contributed by atoms with Crippen LogP contribution in [0.15, 0.2) is 66.7 Å². The second-order valence-electron chi connectivity index (χ2n) is 4.05. The van der Waals surface area contributed by atoms with Crippen molar-refractivity contribution in [2.24, 2.45) is 0 Å². The molecule has 0 unspecified atom stereocenters. The summed E-state index contributed by atoms with van der Waals surface area (Å²) in [6, 6.07) is 25.4. The van der Waals surface area contributed by atoms with Gasteiger partial charge in [0.25, 0.3) is 0 Å². The van der Waals surface area contributed by atoms with Crippen LogP contribution in [0.3, 0.4) is 0 Å². The Labute approximate surface area is 107 Å². The molecule has 0 aliphatic rings. The third-order valence-electron chi connectivity index (χ3n) is 2.83. The zero-order valence-electron chi connectivity index (χ0n) is 9.85. The van der Waals surface area contributed by atoms with E-state index in [1.54, 1.807) is 0 Å².